The number of aliphatic hydroxyl groups is 1. The Hall–Kier alpha value is -2.68. The number of hydrogen-bond acceptors (Lipinski definition) is 6. The van der Waals surface area contributed by atoms with Gasteiger partial charge in [0.05, 0.1) is 19.7 Å². The third-order valence-electron chi connectivity index (χ3n) is 3.45. The summed E-state index contributed by atoms with van der Waals surface area (Å²) >= 11 is 6.03. The Morgan fingerprint density at radius 2 is 2.00 bits per heavy atom. The van der Waals surface area contributed by atoms with Crippen molar-refractivity contribution in [2.75, 3.05) is 25.0 Å². The summed E-state index contributed by atoms with van der Waals surface area (Å²) < 4.78 is 4.95. The molecule has 2 amide bonds. The molecule has 2 rings (SSSR count). The van der Waals surface area contributed by atoms with Crippen molar-refractivity contribution in [2.45, 2.75) is 13.2 Å². The average molecular weight is 393 g/mol. The number of aromatic nitrogens is 1. The van der Waals surface area contributed by atoms with Gasteiger partial charge in [0.2, 0.25) is 5.91 Å². The van der Waals surface area contributed by atoms with Crippen molar-refractivity contribution in [3.63, 3.8) is 0 Å². The van der Waals surface area contributed by atoms with Crippen LogP contribution in [0.3, 0.4) is 0 Å². The van der Waals surface area contributed by atoms with Gasteiger partial charge in [0.1, 0.15) is 12.4 Å². The van der Waals surface area contributed by atoms with Crippen molar-refractivity contribution in [3.8, 4) is 0 Å². The third kappa shape index (κ3) is 7.61. The summed E-state index contributed by atoms with van der Waals surface area (Å²) in [5.41, 5.74) is 1.55. The molecule has 0 aliphatic carbocycles. The number of amides is 2. The molecule has 1 aromatic heterocycles. The lowest BCUT2D eigenvalue weighted by molar-refractivity contribution is -0.120. The number of nitrogens with zero attached hydrogens (tertiary/aromatic N) is 1. The standard InChI is InChI=1S/C18H21ClN4O4/c19-15-4-2-1-3-14(15)10-20-11-17(25)21-7-8-27-18(26)23-16-6-5-13(12-24)9-22-16/h1-6,9,20,24H,7-8,10-12H2,(H,21,25)(H,22,23,26). The van der Waals surface area contributed by atoms with Gasteiger partial charge in [-0.25, -0.2) is 9.78 Å². The SMILES string of the molecule is O=C(CNCc1ccccc1Cl)NCCOC(=O)Nc1ccc(CO)cn1. The molecule has 0 radical (unpaired) electrons. The minimum absolute atomic E-state index is 0.0246. The fourth-order valence-corrected chi connectivity index (χ4v) is 2.28. The monoisotopic (exact) mass is 392 g/mol. The lowest BCUT2D eigenvalue weighted by Gasteiger charge is -2.09. The number of halogens is 1. The van der Waals surface area contributed by atoms with E-state index >= 15 is 0 Å². The molecule has 1 aromatic carbocycles. The highest BCUT2D eigenvalue weighted by atomic mass is 35.5. The number of hydrogen-bond donors (Lipinski definition) is 4. The van der Waals surface area contributed by atoms with Crippen LogP contribution in [0.15, 0.2) is 42.6 Å². The topological polar surface area (TPSA) is 113 Å². The first-order chi connectivity index (χ1) is 13.1. The van der Waals surface area contributed by atoms with Crippen LogP contribution in [0, 0.1) is 0 Å². The van der Waals surface area contributed by atoms with E-state index in [-0.39, 0.29) is 32.2 Å². The zero-order chi connectivity index (χ0) is 19.5. The van der Waals surface area contributed by atoms with Crippen LogP contribution < -0.4 is 16.0 Å². The molecule has 0 atom stereocenters. The first kappa shape index (κ1) is 20.6. The second-order valence-corrected chi connectivity index (χ2v) is 5.92. The minimum atomic E-state index is -0.676. The number of benzene rings is 1. The van der Waals surface area contributed by atoms with E-state index in [9.17, 15) is 9.59 Å². The molecule has 0 aliphatic rings. The number of rotatable bonds is 9. The highest BCUT2D eigenvalue weighted by molar-refractivity contribution is 6.31. The Bertz CT molecular complexity index is 755. The van der Waals surface area contributed by atoms with Gasteiger partial charge in [-0.1, -0.05) is 35.9 Å². The van der Waals surface area contributed by atoms with E-state index in [1.807, 2.05) is 18.2 Å². The van der Waals surface area contributed by atoms with E-state index < -0.39 is 6.09 Å². The van der Waals surface area contributed by atoms with E-state index in [4.69, 9.17) is 21.4 Å². The summed E-state index contributed by atoms with van der Waals surface area (Å²) in [7, 11) is 0. The van der Waals surface area contributed by atoms with Crippen LogP contribution in [-0.4, -0.2) is 41.8 Å². The fourth-order valence-electron chi connectivity index (χ4n) is 2.08. The highest BCUT2D eigenvalue weighted by Gasteiger charge is 2.06. The fraction of sp³-hybridized carbons (Fsp3) is 0.278. The van der Waals surface area contributed by atoms with Crippen LogP contribution in [0.2, 0.25) is 5.02 Å². The number of aliphatic hydroxyl groups excluding tert-OH is 1. The molecule has 0 aliphatic heterocycles. The van der Waals surface area contributed by atoms with Crippen molar-refractivity contribution < 1.29 is 19.4 Å². The number of pyridine rings is 1. The lowest BCUT2D eigenvalue weighted by atomic mass is 10.2. The summed E-state index contributed by atoms with van der Waals surface area (Å²) in [5, 5.41) is 17.6. The maximum Gasteiger partial charge on any atom is 0.412 e. The first-order valence-electron chi connectivity index (χ1n) is 8.29. The maximum atomic E-state index is 11.7. The zero-order valence-corrected chi connectivity index (χ0v) is 15.3. The minimum Gasteiger partial charge on any atom is -0.447 e. The quantitative estimate of drug-likeness (QED) is 0.483. The smallest absolute Gasteiger partial charge is 0.412 e. The third-order valence-corrected chi connectivity index (χ3v) is 3.82. The molecular formula is C18H21ClN4O4. The summed E-state index contributed by atoms with van der Waals surface area (Å²) in [4.78, 5) is 27.3. The number of carbonyl (C=O) groups excluding carboxylic acids is 2. The normalized spacial score (nSPS) is 10.3. The van der Waals surface area contributed by atoms with Gasteiger partial charge in [0, 0.05) is 17.8 Å². The van der Waals surface area contributed by atoms with Crippen molar-refractivity contribution in [1.82, 2.24) is 15.6 Å². The lowest BCUT2D eigenvalue weighted by Crippen LogP contribution is -2.36. The molecule has 0 unspecified atom stereocenters. The molecule has 9 heteroatoms. The Morgan fingerprint density at radius 3 is 2.70 bits per heavy atom. The molecule has 0 fully saturated rings. The number of anilines is 1. The van der Waals surface area contributed by atoms with Crippen LogP contribution in [-0.2, 0) is 22.7 Å². The zero-order valence-electron chi connectivity index (χ0n) is 14.6. The van der Waals surface area contributed by atoms with E-state index in [0.29, 0.717) is 22.9 Å². The molecule has 0 spiro atoms. The van der Waals surface area contributed by atoms with Crippen LogP contribution in [0.25, 0.3) is 0 Å². The molecule has 2 aromatic rings. The maximum absolute atomic E-state index is 11.7. The first-order valence-corrected chi connectivity index (χ1v) is 8.66. The predicted molar refractivity (Wildman–Crippen MR) is 101 cm³/mol. The Morgan fingerprint density at radius 1 is 1.19 bits per heavy atom. The van der Waals surface area contributed by atoms with Crippen LogP contribution in [0.1, 0.15) is 11.1 Å². The van der Waals surface area contributed by atoms with Crippen molar-refractivity contribution in [3.05, 3.63) is 58.7 Å². The van der Waals surface area contributed by atoms with Gasteiger partial charge in [-0.05, 0) is 23.3 Å². The largest absolute Gasteiger partial charge is 0.447 e. The number of carbonyl (C=O) groups is 2. The molecule has 4 N–H and O–H groups in total. The van der Waals surface area contributed by atoms with E-state index in [1.54, 1.807) is 18.2 Å². The summed E-state index contributed by atoms with van der Waals surface area (Å²) in [6.45, 7) is 0.699. The Balaban J connectivity index is 1.56. The average Bonchev–Trinajstić information content (AvgIpc) is 2.67. The van der Waals surface area contributed by atoms with E-state index in [2.05, 4.69) is 20.9 Å². The van der Waals surface area contributed by atoms with Gasteiger partial charge in [0.25, 0.3) is 0 Å². The van der Waals surface area contributed by atoms with Crippen molar-refractivity contribution in [1.29, 1.82) is 0 Å². The Kier molecular flexibility index (Phi) is 8.50. The van der Waals surface area contributed by atoms with Gasteiger partial charge >= 0.3 is 6.09 Å². The number of nitrogens with one attached hydrogen (secondary N) is 3. The molecule has 0 saturated heterocycles. The second kappa shape index (κ2) is 11.1. The van der Waals surface area contributed by atoms with Gasteiger partial charge in [-0.3, -0.25) is 10.1 Å². The van der Waals surface area contributed by atoms with Gasteiger partial charge in [-0.2, -0.15) is 0 Å². The second-order valence-electron chi connectivity index (χ2n) is 5.52. The van der Waals surface area contributed by atoms with Crippen molar-refractivity contribution >= 4 is 29.4 Å². The molecule has 1 heterocycles. The Labute approximate surface area is 161 Å². The number of ether oxygens (including phenoxy) is 1. The molecule has 0 saturated carbocycles. The van der Waals surface area contributed by atoms with Gasteiger partial charge < -0.3 is 20.5 Å². The molecule has 0 bridgehead atoms. The van der Waals surface area contributed by atoms with Gasteiger partial charge in [0.15, 0.2) is 0 Å². The molecular weight excluding hydrogens is 372 g/mol. The molecule has 144 valence electrons. The summed E-state index contributed by atoms with van der Waals surface area (Å²) in [6.07, 6.45) is 0.774. The summed E-state index contributed by atoms with van der Waals surface area (Å²) in [6, 6.07) is 10.6. The highest BCUT2D eigenvalue weighted by Crippen LogP contribution is 2.14. The van der Waals surface area contributed by atoms with Crippen LogP contribution in [0.5, 0.6) is 0 Å². The van der Waals surface area contributed by atoms with Crippen molar-refractivity contribution in [2.24, 2.45) is 0 Å². The van der Waals surface area contributed by atoms with Crippen LogP contribution in [0.4, 0.5) is 10.6 Å². The van der Waals surface area contributed by atoms with E-state index in [0.717, 1.165) is 5.56 Å². The molecule has 8 nitrogen and oxygen atoms in total. The molecule has 27 heavy (non-hydrogen) atoms. The summed E-state index contributed by atoms with van der Waals surface area (Å²) in [5.74, 6) is 0.0947. The van der Waals surface area contributed by atoms with E-state index in [1.165, 1.54) is 6.20 Å². The van der Waals surface area contributed by atoms with Crippen LogP contribution >= 0.6 is 11.6 Å². The predicted octanol–water partition coefficient (Wildman–Crippen LogP) is 1.68. The van der Waals surface area contributed by atoms with Gasteiger partial charge in [-0.15, -0.1) is 0 Å².